The monoisotopic (exact) mass is 472 g/mol. The van der Waals surface area contributed by atoms with Crippen LogP contribution in [0.4, 0.5) is 11.5 Å². The molecule has 1 unspecified atom stereocenters. The highest BCUT2D eigenvalue weighted by molar-refractivity contribution is 5.91. The summed E-state index contributed by atoms with van der Waals surface area (Å²) in [7, 11) is 0. The number of aromatic amines is 1. The van der Waals surface area contributed by atoms with Gasteiger partial charge in [0.25, 0.3) is 0 Å². The molecule has 0 aliphatic carbocycles. The van der Waals surface area contributed by atoms with Crippen LogP contribution < -0.4 is 14.5 Å². The van der Waals surface area contributed by atoms with Crippen LogP contribution in [0.1, 0.15) is 33.1 Å². The zero-order valence-corrected chi connectivity index (χ0v) is 20.4. The van der Waals surface area contributed by atoms with Gasteiger partial charge in [0.05, 0.1) is 24.6 Å². The first-order valence-corrected chi connectivity index (χ1v) is 12.6. The number of imidazole rings is 1. The van der Waals surface area contributed by atoms with Gasteiger partial charge in [-0.25, -0.2) is 15.0 Å². The van der Waals surface area contributed by atoms with Crippen molar-refractivity contribution < 1.29 is 9.47 Å². The standard InChI is InChI=1S/C27H32N6O2/c1-18(2)35-22-10-12-32(14-22)20-9-8-19-5-3-7-24(23(19)13-20)34-15-21-6-4-11-33(21)27-25-26(29-16-28-25)30-17-31-27/h3,5,7-9,13,16-18,21-22H,4,6,10-12,14-15H2,1-2H3,(H,28,29,30,31)/t21-,22?/m1/s1. The molecule has 182 valence electrons. The number of anilines is 2. The summed E-state index contributed by atoms with van der Waals surface area (Å²) in [6, 6.07) is 13.2. The van der Waals surface area contributed by atoms with Gasteiger partial charge in [0.1, 0.15) is 24.2 Å². The second-order valence-corrected chi connectivity index (χ2v) is 9.80. The summed E-state index contributed by atoms with van der Waals surface area (Å²) in [6.07, 6.45) is 7.08. The Balaban J connectivity index is 1.21. The van der Waals surface area contributed by atoms with E-state index < -0.39 is 0 Å². The largest absolute Gasteiger partial charge is 0.491 e. The molecule has 8 nitrogen and oxygen atoms in total. The maximum absolute atomic E-state index is 6.49. The molecule has 0 saturated carbocycles. The molecule has 4 aromatic rings. The number of hydrogen-bond donors (Lipinski definition) is 1. The fourth-order valence-electron chi connectivity index (χ4n) is 5.46. The number of benzene rings is 2. The Kier molecular flexibility index (Phi) is 5.90. The molecular weight excluding hydrogens is 440 g/mol. The van der Waals surface area contributed by atoms with E-state index in [9.17, 15) is 0 Å². The lowest BCUT2D eigenvalue weighted by Gasteiger charge is -2.26. The summed E-state index contributed by atoms with van der Waals surface area (Å²) in [5.74, 6) is 1.84. The van der Waals surface area contributed by atoms with Crippen molar-refractivity contribution in [2.24, 2.45) is 0 Å². The van der Waals surface area contributed by atoms with Crippen LogP contribution in [0.25, 0.3) is 21.9 Å². The average Bonchev–Trinajstić information content (AvgIpc) is 3.62. The van der Waals surface area contributed by atoms with Crippen LogP contribution in [-0.2, 0) is 4.74 Å². The highest BCUT2D eigenvalue weighted by atomic mass is 16.5. The van der Waals surface area contributed by atoms with Gasteiger partial charge in [-0.05, 0) is 56.7 Å². The van der Waals surface area contributed by atoms with E-state index in [1.807, 2.05) is 0 Å². The molecule has 4 heterocycles. The summed E-state index contributed by atoms with van der Waals surface area (Å²) in [6.45, 7) is 7.73. The number of H-pyrrole nitrogens is 1. The molecule has 2 saturated heterocycles. The van der Waals surface area contributed by atoms with Crippen LogP contribution in [0, 0.1) is 0 Å². The van der Waals surface area contributed by atoms with Gasteiger partial charge in [-0.15, -0.1) is 0 Å². The third kappa shape index (κ3) is 4.38. The summed E-state index contributed by atoms with van der Waals surface area (Å²) >= 11 is 0. The molecule has 2 aliphatic rings. The Morgan fingerprint density at radius 1 is 1.09 bits per heavy atom. The predicted molar refractivity (Wildman–Crippen MR) is 138 cm³/mol. The number of nitrogens with zero attached hydrogens (tertiary/aromatic N) is 5. The molecule has 2 aromatic carbocycles. The quantitative estimate of drug-likeness (QED) is 0.422. The predicted octanol–water partition coefficient (Wildman–Crippen LogP) is 4.56. The van der Waals surface area contributed by atoms with Crippen molar-refractivity contribution in [1.82, 2.24) is 19.9 Å². The van der Waals surface area contributed by atoms with Crippen LogP contribution in [-0.4, -0.2) is 64.4 Å². The molecule has 35 heavy (non-hydrogen) atoms. The van der Waals surface area contributed by atoms with Crippen molar-refractivity contribution in [1.29, 1.82) is 0 Å². The Labute approximate surface area is 205 Å². The van der Waals surface area contributed by atoms with Crippen LogP contribution in [0.3, 0.4) is 0 Å². The third-order valence-electron chi connectivity index (χ3n) is 7.08. The minimum absolute atomic E-state index is 0.252. The van der Waals surface area contributed by atoms with E-state index in [1.54, 1.807) is 12.7 Å². The van der Waals surface area contributed by atoms with E-state index in [-0.39, 0.29) is 12.1 Å². The molecule has 2 aliphatic heterocycles. The first-order valence-electron chi connectivity index (χ1n) is 12.6. The van der Waals surface area contributed by atoms with E-state index in [4.69, 9.17) is 9.47 Å². The SMILES string of the molecule is CC(C)OC1CCN(c2ccc3cccc(OC[C@H]4CCCN4c4ncnc5nc[nH]c45)c3c2)C1. The molecule has 8 heteroatoms. The van der Waals surface area contributed by atoms with Crippen LogP contribution in [0.2, 0.25) is 0 Å². The first kappa shape index (κ1) is 22.1. The maximum atomic E-state index is 6.49. The molecular formula is C27H32N6O2. The van der Waals surface area contributed by atoms with E-state index in [0.29, 0.717) is 18.4 Å². The van der Waals surface area contributed by atoms with E-state index >= 15 is 0 Å². The van der Waals surface area contributed by atoms with Gasteiger partial charge < -0.3 is 24.3 Å². The van der Waals surface area contributed by atoms with Crippen LogP contribution in [0.15, 0.2) is 49.1 Å². The number of rotatable bonds is 7. The summed E-state index contributed by atoms with van der Waals surface area (Å²) in [5.41, 5.74) is 2.82. The number of hydrogen-bond acceptors (Lipinski definition) is 7. The van der Waals surface area contributed by atoms with Crippen molar-refractivity contribution >= 4 is 33.4 Å². The summed E-state index contributed by atoms with van der Waals surface area (Å²) < 4.78 is 12.5. The molecule has 1 N–H and O–H groups in total. The van der Waals surface area contributed by atoms with Gasteiger partial charge in [-0.2, -0.15) is 0 Å². The lowest BCUT2D eigenvalue weighted by atomic mass is 10.1. The molecule has 2 aromatic heterocycles. The molecule has 6 rings (SSSR count). The first-order chi connectivity index (χ1) is 17.2. The number of fused-ring (bicyclic) bond motifs is 2. The second kappa shape index (κ2) is 9.34. The lowest BCUT2D eigenvalue weighted by molar-refractivity contribution is 0.0211. The van der Waals surface area contributed by atoms with E-state index in [1.165, 1.54) is 11.1 Å². The molecule has 2 atom stereocenters. The van der Waals surface area contributed by atoms with Gasteiger partial charge in [0.2, 0.25) is 0 Å². The Hall–Kier alpha value is -3.39. The number of aromatic nitrogens is 4. The average molecular weight is 473 g/mol. The molecule has 0 radical (unpaired) electrons. The Morgan fingerprint density at radius 3 is 2.94 bits per heavy atom. The van der Waals surface area contributed by atoms with E-state index in [0.717, 1.165) is 61.4 Å². The van der Waals surface area contributed by atoms with Gasteiger partial charge in [0.15, 0.2) is 11.5 Å². The highest BCUT2D eigenvalue weighted by Gasteiger charge is 2.29. The zero-order valence-electron chi connectivity index (χ0n) is 20.4. The molecule has 0 bridgehead atoms. The normalized spacial score (nSPS) is 20.5. The number of ether oxygens (including phenoxy) is 2. The van der Waals surface area contributed by atoms with Crippen molar-refractivity contribution in [3.8, 4) is 5.75 Å². The van der Waals surface area contributed by atoms with Crippen molar-refractivity contribution in [2.45, 2.75) is 51.4 Å². The van der Waals surface area contributed by atoms with Gasteiger partial charge in [-0.3, -0.25) is 0 Å². The topological polar surface area (TPSA) is 79.4 Å². The van der Waals surface area contributed by atoms with E-state index in [2.05, 4.69) is 80.0 Å². The minimum Gasteiger partial charge on any atom is -0.491 e. The second-order valence-electron chi connectivity index (χ2n) is 9.80. The fraction of sp³-hybridized carbons (Fsp3) is 0.444. The maximum Gasteiger partial charge on any atom is 0.182 e. The summed E-state index contributed by atoms with van der Waals surface area (Å²) in [4.78, 5) is 21.1. The van der Waals surface area contributed by atoms with Crippen molar-refractivity contribution in [3.63, 3.8) is 0 Å². The lowest BCUT2D eigenvalue weighted by Crippen LogP contribution is -2.35. The van der Waals surface area contributed by atoms with Gasteiger partial charge >= 0.3 is 0 Å². The summed E-state index contributed by atoms with van der Waals surface area (Å²) in [5, 5.41) is 2.35. The van der Waals surface area contributed by atoms with Crippen molar-refractivity contribution in [3.05, 3.63) is 49.1 Å². The third-order valence-corrected chi connectivity index (χ3v) is 7.08. The Bertz CT molecular complexity index is 1320. The smallest absolute Gasteiger partial charge is 0.182 e. The number of nitrogens with one attached hydrogen (secondary N) is 1. The molecule has 0 spiro atoms. The fourth-order valence-corrected chi connectivity index (χ4v) is 5.46. The van der Waals surface area contributed by atoms with Crippen LogP contribution in [0.5, 0.6) is 5.75 Å². The van der Waals surface area contributed by atoms with Crippen LogP contribution >= 0.6 is 0 Å². The van der Waals surface area contributed by atoms with Gasteiger partial charge in [-0.1, -0.05) is 18.2 Å². The highest BCUT2D eigenvalue weighted by Crippen LogP contribution is 2.33. The van der Waals surface area contributed by atoms with Gasteiger partial charge in [0, 0.05) is 30.7 Å². The Morgan fingerprint density at radius 2 is 2.03 bits per heavy atom. The zero-order chi connectivity index (χ0) is 23.8. The molecule has 2 fully saturated rings. The minimum atomic E-state index is 0.252. The van der Waals surface area contributed by atoms with Crippen molar-refractivity contribution in [2.75, 3.05) is 36.0 Å². The molecule has 0 amide bonds.